The van der Waals surface area contributed by atoms with Gasteiger partial charge in [0, 0.05) is 6.54 Å². The monoisotopic (exact) mass is 458 g/mol. The zero-order valence-electron chi connectivity index (χ0n) is 18.1. The molecule has 0 bridgehead atoms. The summed E-state index contributed by atoms with van der Waals surface area (Å²) in [6, 6.07) is 18.5. The fourth-order valence-electron chi connectivity index (χ4n) is 3.39. The van der Waals surface area contributed by atoms with E-state index >= 15 is 0 Å². The highest BCUT2D eigenvalue weighted by molar-refractivity contribution is 7.99. The van der Waals surface area contributed by atoms with Gasteiger partial charge in [0.15, 0.2) is 11.0 Å². The van der Waals surface area contributed by atoms with Crippen molar-refractivity contribution < 1.29 is 4.79 Å². The maximum absolute atomic E-state index is 13.0. The molecule has 0 unspecified atom stereocenters. The fraction of sp³-hybridized carbons (Fsp3) is 0.208. The SMILES string of the molecule is CCCCn1c(SCC(=O)Nc2c(C#N)cnn2-c2ccccc2)nc2ccccc2c1=O. The number of hydrogen-bond acceptors (Lipinski definition) is 6. The van der Waals surface area contributed by atoms with Crippen LogP contribution in [0.15, 0.2) is 70.7 Å². The van der Waals surface area contributed by atoms with E-state index in [0.29, 0.717) is 28.4 Å². The van der Waals surface area contributed by atoms with Crippen molar-refractivity contribution in [3.05, 3.63) is 76.7 Å². The predicted molar refractivity (Wildman–Crippen MR) is 129 cm³/mol. The van der Waals surface area contributed by atoms with Gasteiger partial charge in [-0.15, -0.1) is 0 Å². The van der Waals surface area contributed by atoms with Gasteiger partial charge in [-0.25, -0.2) is 9.67 Å². The van der Waals surface area contributed by atoms with E-state index in [1.165, 1.54) is 22.6 Å². The third kappa shape index (κ3) is 4.81. The summed E-state index contributed by atoms with van der Waals surface area (Å²) in [7, 11) is 0. The standard InChI is InChI=1S/C24H22N6O2S/c1-2-3-13-29-23(32)19-11-7-8-12-20(19)27-24(29)33-16-21(31)28-22-17(14-25)15-26-30(22)18-9-5-4-6-10-18/h4-12,15H,2-3,13,16H2,1H3,(H,28,31). The number of anilines is 1. The molecule has 0 aliphatic heterocycles. The van der Waals surface area contributed by atoms with Gasteiger partial charge in [0.05, 0.1) is 28.5 Å². The summed E-state index contributed by atoms with van der Waals surface area (Å²) in [5, 5.41) is 17.5. The molecule has 0 spiro atoms. The van der Waals surface area contributed by atoms with Crippen molar-refractivity contribution in [2.45, 2.75) is 31.5 Å². The van der Waals surface area contributed by atoms with Crippen LogP contribution in [0.4, 0.5) is 5.82 Å². The van der Waals surface area contributed by atoms with Crippen LogP contribution in [0.2, 0.25) is 0 Å². The Morgan fingerprint density at radius 2 is 1.91 bits per heavy atom. The van der Waals surface area contributed by atoms with Crippen LogP contribution in [-0.2, 0) is 11.3 Å². The molecule has 0 aliphatic carbocycles. The van der Waals surface area contributed by atoms with E-state index in [9.17, 15) is 14.9 Å². The molecule has 33 heavy (non-hydrogen) atoms. The Morgan fingerprint density at radius 3 is 2.67 bits per heavy atom. The zero-order chi connectivity index (χ0) is 23.2. The summed E-state index contributed by atoms with van der Waals surface area (Å²) < 4.78 is 3.16. The summed E-state index contributed by atoms with van der Waals surface area (Å²) in [6.45, 7) is 2.60. The van der Waals surface area contributed by atoms with Crippen molar-refractivity contribution in [3.63, 3.8) is 0 Å². The second kappa shape index (κ2) is 10.1. The number of benzene rings is 2. The molecule has 0 atom stereocenters. The number of thioether (sulfide) groups is 1. The Kier molecular flexibility index (Phi) is 6.86. The number of para-hydroxylation sites is 2. The van der Waals surface area contributed by atoms with Crippen LogP contribution in [0.25, 0.3) is 16.6 Å². The number of carbonyl (C=O) groups is 1. The summed E-state index contributed by atoms with van der Waals surface area (Å²) >= 11 is 1.20. The molecule has 0 aliphatic rings. The molecule has 166 valence electrons. The Hall–Kier alpha value is -3.90. The lowest BCUT2D eigenvalue weighted by molar-refractivity contribution is -0.113. The smallest absolute Gasteiger partial charge is 0.262 e. The maximum atomic E-state index is 13.0. The molecular formula is C24H22N6O2S. The normalized spacial score (nSPS) is 10.8. The molecule has 8 nitrogen and oxygen atoms in total. The van der Waals surface area contributed by atoms with Crippen molar-refractivity contribution in [2.24, 2.45) is 0 Å². The summed E-state index contributed by atoms with van der Waals surface area (Å²) in [5.41, 5.74) is 1.49. The van der Waals surface area contributed by atoms with Crippen molar-refractivity contribution in [1.29, 1.82) is 5.26 Å². The molecule has 2 aromatic heterocycles. The first kappa shape index (κ1) is 22.3. The number of rotatable bonds is 8. The summed E-state index contributed by atoms with van der Waals surface area (Å²) in [5.74, 6) is 0.0182. The Bertz CT molecular complexity index is 1390. The molecule has 2 heterocycles. The Labute approximate surface area is 194 Å². The Morgan fingerprint density at radius 1 is 1.15 bits per heavy atom. The number of unbranched alkanes of at least 4 members (excludes halogenated alkanes) is 1. The minimum atomic E-state index is -0.321. The van der Waals surface area contributed by atoms with Crippen LogP contribution in [0.3, 0.4) is 0 Å². The van der Waals surface area contributed by atoms with Crippen molar-refractivity contribution in [2.75, 3.05) is 11.1 Å². The van der Waals surface area contributed by atoms with Crippen LogP contribution in [0.5, 0.6) is 0 Å². The van der Waals surface area contributed by atoms with Crippen LogP contribution in [0.1, 0.15) is 25.3 Å². The molecule has 4 aromatic rings. The predicted octanol–water partition coefficient (Wildman–Crippen LogP) is 3.98. The van der Waals surface area contributed by atoms with Crippen LogP contribution in [-0.4, -0.2) is 31.0 Å². The zero-order valence-corrected chi connectivity index (χ0v) is 18.9. The van der Waals surface area contributed by atoms with Gasteiger partial charge in [0.2, 0.25) is 5.91 Å². The number of amides is 1. The molecule has 2 aromatic carbocycles. The lowest BCUT2D eigenvalue weighted by atomic mass is 10.2. The van der Waals surface area contributed by atoms with Gasteiger partial charge in [-0.2, -0.15) is 10.4 Å². The van der Waals surface area contributed by atoms with E-state index in [-0.39, 0.29) is 22.8 Å². The average molecular weight is 459 g/mol. The van der Waals surface area contributed by atoms with E-state index in [1.807, 2.05) is 42.5 Å². The van der Waals surface area contributed by atoms with Gasteiger partial charge >= 0.3 is 0 Å². The Balaban J connectivity index is 1.57. The van der Waals surface area contributed by atoms with Crippen LogP contribution >= 0.6 is 11.8 Å². The molecule has 0 saturated heterocycles. The highest BCUT2D eigenvalue weighted by Crippen LogP contribution is 2.22. The van der Waals surface area contributed by atoms with E-state index in [4.69, 9.17) is 0 Å². The van der Waals surface area contributed by atoms with Crippen molar-refractivity contribution in [1.82, 2.24) is 19.3 Å². The first-order valence-electron chi connectivity index (χ1n) is 10.6. The summed E-state index contributed by atoms with van der Waals surface area (Å²) in [4.78, 5) is 30.4. The minimum Gasteiger partial charge on any atom is -0.309 e. The average Bonchev–Trinajstić information content (AvgIpc) is 3.25. The molecule has 1 amide bonds. The fourth-order valence-corrected chi connectivity index (χ4v) is 4.21. The first-order chi connectivity index (χ1) is 16.1. The van der Waals surface area contributed by atoms with E-state index in [2.05, 4.69) is 28.4 Å². The van der Waals surface area contributed by atoms with E-state index in [1.54, 1.807) is 16.7 Å². The third-order valence-corrected chi connectivity index (χ3v) is 6.02. The maximum Gasteiger partial charge on any atom is 0.262 e. The first-order valence-corrected chi connectivity index (χ1v) is 11.6. The molecule has 9 heteroatoms. The number of aromatic nitrogens is 4. The van der Waals surface area contributed by atoms with Crippen molar-refractivity contribution >= 4 is 34.4 Å². The van der Waals surface area contributed by atoms with E-state index in [0.717, 1.165) is 18.5 Å². The summed E-state index contributed by atoms with van der Waals surface area (Å²) in [6.07, 6.45) is 3.19. The topological polar surface area (TPSA) is 106 Å². The molecule has 0 radical (unpaired) electrons. The minimum absolute atomic E-state index is 0.0295. The number of nitriles is 1. The second-order valence-electron chi connectivity index (χ2n) is 7.32. The van der Waals surface area contributed by atoms with Gasteiger partial charge in [-0.1, -0.05) is 55.4 Å². The molecule has 4 rings (SSSR count). The van der Waals surface area contributed by atoms with E-state index < -0.39 is 0 Å². The number of hydrogen-bond donors (Lipinski definition) is 1. The number of nitrogens with zero attached hydrogens (tertiary/aromatic N) is 5. The number of carbonyl (C=O) groups excluding carboxylic acids is 1. The molecule has 1 N–H and O–H groups in total. The lowest BCUT2D eigenvalue weighted by Gasteiger charge is -2.13. The second-order valence-corrected chi connectivity index (χ2v) is 8.27. The van der Waals surface area contributed by atoms with Gasteiger partial charge in [0.1, 0.15) is 11.6 Å². The van der Waals surface area contributed by atoms with Gasteiger partial charge in [-0.3, -0.25) is 14.2 Å². The molecule has 0 fully saturated rings. The van der Waals surface area contributed by atoms with Gasteiger partial charge in [-0.05, 0) is 30.7 Å². The van der Waals surface area contributed by atoms with Crippen LogP contribution < -0.4 is 10.9 Å². The van der Waals surface area contributed by atoms with Crippen LogP contribution in [0, 0.1) is 11.3 Å². The van der Waals surface area contributed by atoms with Gasteiger partial charge in [0.25, 0.3) is 5.56 Å². The highest BCUT2D eigenvalue weighted by Gasteiger charge is 2.17. The number of fused-ring (bicyclic) bond motifs is 1. The molecule has 0 saturated carbocycles. The number of nitrogens with one attached hydrogen (secondary N) is 1. The third-order valence-electron chi connectivity index (χ3n) is 5.04. The highest BCUT2D eigenvalue weighted by atomic mass is 32.2. The quantitative estimate of drug-likeness (QED) is 0.316. The van der Waals surface area contributed by atoms with Gasteiger partial charge < -0.3 is 5.32 Å². The molecular weight excluding hydrogens is 436 g/mol. The van der Waals surface area contributed by atoms with Crippen molar-refractivity contribution in [3.8, 4) is 11.8 Å². The lowest BCUT2D eigenvalue weighted by Crippen LogP contribution is -2.24. The largest absolute Gasteiger partial charge is 0.309 e.